The summed E-state index contributed by atoms with van der Waals surface area (Å²) in [4.78, 5) is 13.9. The van der Waals surface area contributed by atoms with Crippen molar-refractivity contribution in [3.05, 3.63) is 29.6 Å². The monoisotopic (exact) mass is 314 g/mol. The molecule has 1 amide bonds. The first-order valence-corrected chi connectivity index (χ1v) is 8.30. The highest BCUT2D eigenvalue weighted by Crippen LogP contribution is 2.31. The molecule has 0 N–H and O–H groups in total. The number of halogens is 1. The zero-order valence-electron chi connectivity index (χ0n) is 11.6. The van der Waals surface area contributed by atoms with Crippen LogP contribution in [0.2, 0.25) is 0 Å². The Labute approximate surface area is 122 Å². The average molecular weight is 314 g/mol. The van der Waals surface area contributed by atoms with Gasteiger partial charge in [-0.05, 0) is 12.1 Å². The maximum Gasteiger partial charge on any atom is 0.257 e. The normalized spacial score (nSPS) is 26.0. The second kappa shape index (κ2) is 4.67. The van der Waals surface area contributed by atoms with Gasteiger partial charge in [0.15, 0.2) is 0 Å². The van der Waals surface area contributed by atoms with E-state index in [2.05, 4.69) is 0 Å². The van der Waals surface area contributed by atoms with E-state index in [0.717, 1.165) is 12.3 Å². The summed E-state index contributed by atoms with van der Waals surface area (Å²) >= 11 is 0. The number of carbonyl (C=O) groups excluding carboxylic acids is 1. The number of fused-ring (bicyclic) bond motifs is 2. The van der Waals surface area contributed by atoms with Crippen LogP contribution in [0.4, 0.5) is 4.39 Å². The molecule has 0 radical (unpaired) electrons. The van der Waals surface area contributed by atoms with E-state index in [1.807, 2.05) is 0 Å². The van der Waals surface area contributed by atoms with Gasteiger partial charge in [0, 0.05) is 19.7 Å². The van der Waals surface area contributed by atoms with E-state index in [9.17, 15) is 17.6 Å². The topological polar surface area (TPSA) is 66.9 Å². The quantitative estimate of drug-likeness (QED) is 0.748. The van der Waals surface area contributed by atoms with Gasteiger partial charge in [0.25, 0.3) is 5.91 Å². The maximum absolute atomic E-state index is 13.4. The molecule has 0 aliphatic carbocycles. The van der Waals surface area contributed by atoms with Crippen LogP contribution >= 0.6 is 0 Å². The summed E-state index contributed by atoms with van der Waals surface area (Å²) < 4.78 is 43.7. The number of hydrogen-bond acceptors (Lipinski definition) is 4. The summed E-state index contributed by atoms with van der Waals surface area (Å²) in [5, 5.41) is 0. The van der Waals surface area contributed by atoms with E-state index in [1.165, 1.54) is 21.3 Å². The van der Waals surface area contributed by atoms with Gasteiger partial charge in [-0.1, -0.05) is 0 Å². The Balaban J connectivity index is 2.00. The van der Waals surface area contributed by atoms with Crippen molar-refractivity contribution in [2.24, 2.45) is 0 Å². The molecule has 2 aliphatic rings. The van der Waals surface area contributed by atoms with Crippen LogP contribution in [0.25, 0.3) is 0 Å². The lowest BCUT2D eigenvalue weighted by Crippen LogP contribution is -2.44. The average Bonchev–Trinajstić information content (AvgIpc) is 2.77. The number of rotatable bonds is 1. The van der Waals surface area contributed by atoms with E-state index < -0.39 is 21.9 Å². The molecule has 2 atom stereocenters. The lowest BCUT2D eigenvalue weighted by atomic mass is 10.1. The first kappa shape index (κ1) is 14.3. The van der Waals surface area contributed by atoms with Crippen molar-refractivity contribution in [3.8, 4) is 5.75 Å². The van der Waals surface area contributed by atoms with Crippen LogP contribution < -0.4 is 4.74 Å². The summed E-state index contributed by atoms with van der Waals surface area (Å²) in [5.74, 6) is -0.636. The smallest absolute Gasteiger partial charge is 0.257 e. The predicted molar refractivity (Wildman–Crippen MR) is 73.1 cm³/mol. The van der Waals surface area contributed by atoms with E-state index in [-0.39, 0.29) is 30.8 Å². The number of benzene rings is 1. The molecule has 3 rings (SSSR count). The SMILES string of the molecule is CN1C(=O)c2ccc(F)cc2OC2CN(S(C)(=O)=O)CC21. The summed E-state index contributed by atoms with van der Waals surface area (Å²) in [7, 11) is -1.75. The Morgan fingerprint density at radius 3 is 2.71 bits per heavy atom. The minimum atomic E-state index is -3.36. The highest BCUT2D eigenvalue weighted by Gasteiger charge is 2.44. The van der Waals surface area contributed by atoms with Gasteiger partial charge < -0.3 is 9.64 Å². The van der Waals surface area contributed by atoms with Crippen molar-refractivity contribution in [1.82, 2.24) is 9.21 Å². The summed E-state index contributed by atoms with van der Waals surface area (Å²) in [5.41, 5.74) is 0.291. The Morgan fingerprint density at radius 2 is 2.05 bits per heavy atom. The molecule has 0 bridgehead atoms. The fourth-order valence-corrected chi connectivity index (χ4v) is 3.60. The highest BCUT2D eigenvalue weighted by atomic mass is 32.2. The number of nitrogens with zero attached hydrogens (tertiary/aromatic N) is 2. The Morgan fingerprint density at radius 1 is 1.33 bits per heavy atom. The van der Waals surface area contributed by atoms with E-state index in [4.69, 9.17) is 4.74 Å². The minimum absolute atomic E-state index is 0.150. The van der Waals surface area contributed by atoms with Crippen LogP contribution in [0.15, 0.2) is 18.2 Å². The van der Waals surface area contributed by atoms with Crippen molar-refractivity contribution >= 4 is 15.9 Å². The van der Waals surface area contributed by atoms with Crippen LogP contribution in [0, 0.1) is 5.82 Å². The van der Waals surface area contributed by atoms with Crippen molar-refractivity contribution in [2.75, 3.05) is 26.4 Å². The maximum atomic E-state index is 13.4. The van der Waals surface area contributed by atoms with Crippen LogP contribution in [-0.4, -0.2) is 62.1 Å². The molecule has 0 spiro atoms. The number of ether oxygens (including phenoxy) is 1. The molecule has 2 unspecified atom stereocenters. The second-order valence-electron chi connectivity index (χ2n) is 5.36. The lowest BCUT2D eigenvalue weighted by Gasteiger charge is -2.25. The largest absolute Gasteiger partial charge is 0.486 e. The Bertz CT molecular complexity index is 706. The van der Waals surface area contributed by atoms with Gasteiger partial charge in [0.1, 0.15) is 17.7 Å². The standard InChI is InChI=1S/C13H15FN2O4S/c1-15-10-6-16(21(2,18)19)7-12(10)20-11-5-8(14)3-4-9(11)13(15)17/h3-5,10,12H,6-7H2,1-2H3. The molecule has 6 nitrogen and oxygen atoms in total. The molecule has 1 aromatic carbocycles. The second-order valence-corrected chi connectivity index (χ2v) is 7.34. The van der Waals surface area contributed by atoms with Crippen molar-refractivity contribution in [3.63, 3.8) is 0 Å². The molecule has 2 heterocycles. The summed E-state index contributed by atoms with van der Waals surface area (Å²) in [6.45, 7) is 0.333. The number of sulfonamides is 1. The van der Waals surface area contributed by atoms with Crippen molar-refractivity contribution in [2.45, 2.75) is 12.1 Å². The number of hydrogen-bond donors (Lipinski definition) is 0. The van der Waals surface area contributed by atoms with E-state index in [0.29, 0.717) is 5.56 Å². The minimum Gasteiger partial charge on any atom is -0.486 e. The number of likely N-dealkylation sites (N-methyl/N-ethyl adjacent to an activating group) is 1. The van der Waals surface area contributed by atoms with Gasteiger partial charge >= 0.3 is 0 Å². The molecular weight excluding hydrogens is 299 g/mol. The lowest BCUT2D eigenvalue weighted by molar-refractivity contribution is 0.0683. The predicted octanol–water partition coefficient (Wildman–Crippen LogP) is 0.303. The van der Waals surface area contributed by atoms with Crippen LogP contribution in [0.1, 0.15) is 10.4 Å². The van der Waals surface area contributed by atoms with E-state index >= 15 is 0 Å². The zero-order valence-corrected chi connectivity index (χ0v) is 12.4. The highest BCUT2D eigenvalue weighted by molar-refractivity contribution is 7.88. The first-order valence-electron chi connectivity index (χ1n) is 6.46. The molecule has 1 aromatic rings. The molecule has 8 heteroatoms. The van der Waals surface area contributed by atoms with Gasteiger partial charge in [0.2, 0.25) is 10.0 Å². The fraction of sp³-hybridized carbons (Fsp3) is 0.462. The number of amides is 1. The van der Waals surface area contributed by atoms with Crippen molar-refractivity contribution < 1.29 is 22.3 Å². The molecule has 0 aromatic heterocycles. The van der Waals surface area contributed by atoms with Gasteiger partial charge in [-0.15, -0.1) is 0 Å². The Hall–Kier alpha value is -1.67. The number of carbonyl (C=O) groups is 1. The van der Waals surface area contributed by atoms with Gasteiger partial charge in [-0.3, -0.25) is 4.79 Å². The summed E-state index contributed by atoms with van der Waals surface area (Å²) in [6.07, 6.45) is 0.616. The fourth-order valence-electron chi connectivity index (χ4n) is 2.76. The van der Waals surface area contributed by atoms with Crippen LogP contribution in [0.5, 0.6) is 5.75 Å². The molecule has 2 aliphatic heterocycles. The van der Waals surface area contributed by atoms with Crippen LogP contribution in [-0.2, 0) is 10.0 Å². The molecule has 1 saturated heterocycles. The summed E-state index contributed by atoms with van der Waals surface area (Å²) in [6, 6.07) is 3.37. The Kier molecular flexibility index (Phi) is 3.18. The van der Waals surface area contributed by atoms with E-state index in [1.54, 1.807) is 7.05 Å². The van der Waals surface area contributed by atoms with Gasteiger partial charge in [-0.2, -0.15) is 4.31 Å². The molecule has 0 saturated carbocycles. The van der Waals surface area contributed by atoms with Gasteiger partial charge in [0.05, 0.1) is 24.4 Å². The van der Waals surface area contributed by atoms with Gasteiger partial charge in [-0.25, -0.2) is 12.8 Å². The molecule has 1 fully saturated rings. The molecule has 21 heavy (non-hydrogen) atoms. The molecular formula is C13H15FN2O4S. The molecule has 114 valence electrons. The first-order chi connectivity index (χ1) is 9.77. The third kappa shape index (κ3) is 2.38. The van der Waals surface area contributed by atoms with Crippen LogP contribution in [0.3, 0.4) is 0 Å². The zero-order chi connectivity index (χ0) is 15.4. The third-order valence-corrected chi connectivity index (χ3v) is 5.18. The van der Waals surface area contributed by atoms with Crippen molar-refractivity contribution in [1.29, 1.82) is 0 Å². The third-order valence-electron chi connectivity index (χ3n) is 3.94.